The van der Waals surface area contributed by atoms with Gasteiger partial charge < -0.3 is 4.74 Å². The third-order valence-corrected chi connectivity index (χ3v) is 4.46. The van der Waals surface area contributed by atoms with Gasteiger partial charge in [-0.15, -0.1) is 0 Å². The largest absolute Gasteiger partial charge is 0.464 e. The Bertz CT molecular complexity index is 654. The van der Waals surface area contributed by atoms with Crippen LogP contribution in [-0.4, -0.2) is 39.2 Å². The molecule has 1 unspecified atom stereocenters. The molecule has 0 saturated heterocycles. The first kappa shape index (κ1) is 17.4. The zero-order valence-corrected chi connectivity index (χ0v) is 13.8. The van der Waals surface area contributed by atoms with Crippen molar-refractivity contribution in [2.45, 2.75) is 31.6 Å². The summed E-state index contributed by atoms with van der Waals surface area (Å²) in [6.07, 6.45) is 3.66. The summed E-state index contributed by atoms with van der Waals surface area (Å²) in [6.45, 7) is 3.99. The quantitative estimate of drug-likeness (QED) is 0.770. The van der Waals surface area contributed by atoms with Crippen molar-refractivity contribution < 1.29 is 18.5 Å². The lowest BCUT2D eigenvalue weighted by atomic mass is 10.1. The molecule has 21 heavy (non-hydrogen) atoms. The van der Waals surface area contributed by atoms with E-state index >= 15 is 0 Å². The first-order valence-corrected chi connectivity index (χ1v) is 8.46. The van der Waals surface area contributed by atoms with Gasteiger partial charge in [0.25, 0.3) is 5.91 Å². The van der Waals surface area contributed by atoms with Crippen LogP contribution in [0.2, 0.25) is 0 Å². The van der Waals surface area contributed by atoms with Crippen LogP contribution in [0, 0.1) is 5.92 Å². The highest BCUT2D eigenvalue weighted by Gasteiger charge is 2.23. The molecule has 0 aliphatic heterocycles. The molecule has 0 saturated carbocycles. The summed E-state index contributed by atoms with van der Waals surface area (Å²) < 4.78 is 22.4. The average molecular weight is 315 g/mol. The van der Waals surface area contributed by atoms with Crippen LogP contribution in [0.5, 0.6) is 0 Å². The zero-order valence-electron chi connectivity index (χ0n) is 13.0. The van der Waals surface area contributed by atoms with Gasteiger partial charge in [-0.25, -0.2) is 9.00 Å². The predicted octanol–water partition coefficient (Wildman–Crippen LogP) is 1.63. The fourth-order valence-electron chi connectivity index (χ4n) is 1.68. The number of carbonyl (C=O) groups excluding carboxylic acids is 2. The second kappa shape index (κ2) is 6.84. The highest BCUT2D eigenvalue weighted by atomic mass is 32.2. The Morgan fingerprint density at radius 1 is 1.48 bits per heavy atom. The topological polar surface area (TPSA) is 90.6 Å². The predicted molar refractivity (Wildman–Crippen MR) is 78.4 cm³/mol. The molecule has 7 nitrogen and oxygen atoms in total. The molecule has 0 spiro atoms. The van der Waals surface area contributed by atoms with Crippen molar-refractivity contribution in [1.82, 2.24) is 9.78 Å². The summed E-state index contributed by atoms with van der Waals surface area (Å²) in [5.74, 6) is -0.776. The molecule has 0 N–H and O–H groups in total. The number of nitrogens with zero attached hydrogens (tertiary/aromatic N) is 3. The number of rotatable bonds is 5. The molecule has 0 fully saturated rings. The molecule has 1 rings (SSSR count). The first-order chi connectivity index (χ1) is 9.67. The minimum atomic E-state index is -3.03. The molecule has 0 aliphatic rings. The van der Waals surface area contributed by atoms with Crippen molar-refractivity contribution in [1.29, 1.82) is 0 Å². The van der Waals surface area contributed by atoms with Crippen molar-refractivity contribution in [2.24, 2.45) is 17.3 Å². The van der Waals surface area contributed by atoms with E-state index in [2.05, 4.69) is 14.2 Å². The Balaban J connectivity index is 3.16. The minimum Gasteiger partial charge on any atom is -0.464 e. The lowest BCUT2D eigenvalue weighted by molar-refractivity contribution is -0.117. The van der Waals surface area contributed by atoms with E-state index in [1.54, 1.807) is 7.05 Å². The van der Waals surface area contributed by atoms with E-state index in [1.807, 2.05) is 13.8 Å². The molecular formula is C13H21N3O4S. The number of amides is 1. The molecule has 1 atom stereocenters. The fraction of sp³-hybridized carbons (Fsp3) is 0.615. The number of aryl methyl sites for hydroxylation is 1. The summed E-state index contributed by atoms with van der Waals surface area (Å²) >= 11 is 0. The van der Waals surface area contributed by atoms with Crippen molar-refractivity contribution in [3.05, 3.63) is 11.9 Å². The second-order valence-corrected chi connectivity index (χ2v) is 7.45. The SMILES string of the molecule is COC(=O)c1nn(C)cc1S(C)(=O)=NC(=O)CCC(C)C. The number of esters is 1. The molecule has 0 aromatic carbocycles. The number of hydrogen-bond acceptors (Lipinski definition) is 5. The number of methoxy groups -OCH3 is 1. The molecule has 0 aliphatic carbocycles. The van der Waals surface area contributed by atoms with Gasteiger partial charge in [0.15, 0.2) is 5.69 Å². The molecule has 1 heterocycles. The van der Waals surface area contributed by atoms with Crippen molar-refractivity contribution in [2.75, 3.05) is 13.4 Å². The number of carbonyl (C=O) groups is 2. The minimum absolute atomic E-state index is 0.0760. The molecule has 1 aromatic rings. The van der Waals surface area contributed by atoms with Gasteiger partial charge in [0.1, 0.15) is 4.90 Å². The number of ether oxygens (including phenoxy) is 1. The molecular weight excluding hydrogens is 294 g/mol. The first-order valence-electron chi connectivity index (χ1n) is 6.54. The van der Waals surface area contributed by atoms with Crippen LogP contribution >= 0.6 is 0 Å². The Labute approximate surface area is 124 Å². The lowest BCUT2D eigenvalue weighted by Gasteiger charge is -2.04. The molecule has 8 heteroatoms. The Morgan fingerprint density at radius 2 is 2.10 bits per heavy atom. The molecule has 118 valence electrons. The van der Waals surface area contributed by atoms with Gasteiger partial charge in [-0.2, -0.15) is 9.46 Å². The maximum atomic E-state index is 12.6. The normalized spacial score (nSPS) is 13.8. The van der Waals surface area contributed by atoms with Crippen LogP contribution in [0.25, 0.3) is 0 Å². The van der Waals surface area contributed by atoms with E-state index in [9.17, 15) is 13.8 Å². The Kier molecular flexibility index (Phi) is 5.65. The maximum absolute atomic E-state index is 12.6. The van der Waals surface area contributed by atoms with E-state index in [1.165, 1.54) is 24.2 Å². The molecule has 1 aromatic heterocycles. The number of aromatic nitrogens is 2. The molecule has 0 bridgehead atoms. The van der Waals surface area contributed by atoms with Crippen molar-refractivity contribution >= 4 is 21.6 Å². The van der Waals surface area contributed by atoms with Crippen molar-refractivity contribution in [3.63, 3.8) is 0 Å². The van der Waals surface area contributed by atoms with Gasteiger partial charge in [-0.05, 0) is 12.3 Å². The van der Waals surface area contributed by atoms with E-state index < -0.39 is 21.6 Å². The molecule has 0 radical (unpaired) electrons. The van der Waals surface area contributed by atoms with Crippen molar-refractivity contribution in [3.8, 4) is 0 Å². The summed E-state index contributed by atoms with van der Waals surface area (Å²) in [4.78, 5) is 23.6. The smallest absolute Gasteiger partial charge is 0.359 e. The molecule has 1 amide bonds. The van der Waals surface area contributed by atoms with Crippen LogP contribution in [0.4, 0.5) is 0 Å². The summed E-state index contributed by atoms with van der Waals surface area (Å²) in [6, 6.07) is 0. The monoisotopic (exact) mass is 315 g/mol. The van der Waals surface area contributed by atoms with Crippen LogP contribution in [0.1, 0.15) is 37.2 Å². The van der Waals surface area contributed by atoms with E-state index in [0.717, 1.165) is 0 Å². The van der Waals surface area contributed by atoms with Gasteiger partial charge in [0.2, 0.25) is 0 Å². The lowest BCUT2D eigenvalue weighted by Crippen LogP contribution is -2.10. The van der Waals surface area contributed by atoms with Gasteiger partial charge in [-0.1, -0.05) is 13.8 Å². The van der Waals surface area contributed by atoms with E-state index in [0.29, 0.717) is 12.3 Å². The zero-order chi connectivity index (χ0) is 16.2. The Hall–Kier alpha value is -1.70. The van der Waals surface area contributed by atoms with E-state index in [-0.39, 0.29) is 17.0 Å². The third-order valence-electron chi connectivity index (χ3n) is 2.79. The summed E-state index contributed by atoms with van der Waals surface area (Å²) in [7, 11) is -0.230. The second-order valence-electron chi connectivity index (χ2n) is 5.23. The van der Waals surface area contributed by atoms with Gasteiger partial charge in [0.05, 0.1) is 16.8 Å². The van der Waals surface area contributed by atoms with Gasteiger partial charge >= 0.3 is 5.97 Å². The highest BCUT2D eigenvalue weighted by molar-refractivity contribution is 7.93. The third kappa shape index (κ3) is 4.66. The highest BCUT2D eigenvalue weighted by Crippen LogP contribution is 2.18. The number of hydrogen-bond donors (Lipinski definition) is 0. The van der Waals surface area contributed by atoms with Crippen LogP contribution in [0.3, 0.4) is 0 Å². The Morgan fingerprint density at radius 3 is 2.62 bits per heavy atom. The summed E-state index contributed by atoms with van der Waals surface area (Å²) in [5.41, 5.74) is -0.0760. The average Bonchev–Trinajstić information content (AvgIpc) is 2.78. The van der Waals surface area contributed by atoms with Gasteiger partial charge in [0, 0.05) is 25.9 Å². The maximum Gasteiger partial charge on any atom is 0.359 e. The van der Waals surface area contributed by atoms with Gasteiger partial charge in [-0.3, -0.25) is 9.48 Å². The van der Waals surface area contributed by atoms with Crippen LogP contribution < -0.4 is 0 Å². The van der Waals surface area contributed by atoms with Crippen LogP contribution in [-0.2, 0) is 26.3 Å². The van der Waals surface area contributed by atoms with Crippen LogP contribution in [0.15, 0.2) is 15.5 Å². The standard InChI is InChI=1S/C13H21N3O4S/c1-9(2)6-7-11(17)15-21(5,19)10-8-16(3)14-12(10)13(18)20-4/h8-9H,6-7H2,1-5H3. The van der Waals surface area contributed by atoms with E-state index in [4.69, 9.17) is 0 Å². The fourth-order valence-corrected chi connectivity index (χ4v) is 3.09. The summed E-state index contributed by atoms with van der Waals surface area (Å²) in [5, 5.41) is 3.92.